The van der Waals surface area contributed by atoms with Gasteiger partial charge in [0.1, 0.15) is 18.1 Å². The number of nitrogens with zero attached hydrogens (tertiary/aromatic N) is 2. The highest BCUT2D eigenvalue weighted by Crippen LogP contribution is 2.07. The molecule has 18 heteroatoms. The summed E-state index contributed by atoms with van der Waals surface area (Å²) >= 11 is 1.40. The zero-order valence-corrected chi connectivity index (χ0v) is 23.5. The fraction of sp³-hybridized carbons (Fsp3) is 0.682. The van der Waals surface area contributed by atoms with Crippen molar-refractivity contribution in [1.29, 1.82) is 0 Å². The van der Waals surface area contributed by atoms with E-state index in [-0.39, 0.29) is 63.5 Å². The van der Waals surface area contributed by atoms with Gasteiger partial charge in [-0.1, -0.05) is 0 Å². The van der Waals surface area contributed by atoms with Crippen molar-refractivity contribution in [2.24, 2.45) is 44.4 Å². The van der Waals surface area contributed by atoms with E-state index in [0.29, 0.717) is 12.2 Å². The van der Waals surface area contributed by atoms with Gasteiger partial charge in [0.25, 0.3) is 0 Å². The molecular weight excluding hydrogens is 546 g/mol. The van der Waals surface area contributed by atoms with Crippen LogP contribution in [0, 0.1) is 0 Å². The zero-order chi connectivity index (χ0) is 30.7. The Labute approximate surface area is 237 Å². The number of nitrogens with one attached hydrogen (secondary N) is 3. The lowest BCUT2D eigenvalue weighted by Crippen LogP contribution is -2.57. The highest BCUT2D eigenvalue weighted by Gasteiger charge is 2.30. The number of amides is 4. The average molecular weight is 590 g/mol. The summed E-state index contributed by atoms with van der Waals surface area (Å²) in [6, 6.07) is -4.65. The molecule has 0 aliphatic heterocycles. The van der Waals surface area contributed by atoms with Gasteiger partial charge < -0.3 is 55.5 Å². The van der Waals surface area contributed by atoms with Crippen LogP contribution in [0.5, 0.6) is 0 Å². The Hall–Kier alpha value is -3.80. The fourth-order valence-electron chi connectivity index (χ4n) is 3.29. The molecule has 0 heterocycles. The van der Waals surface area contributed by atoms with E-state index in [1.54, 1.807) is 6.26 Å². The molecule has 0 bridgehead atoms. The van der Waals surface area contributed by atoms with Gasteiger partial charge >= 0.3 is 5.97 Å². The van der Waals surface area contributed by atoms with Crippen molar-refractivity contribution in [3.63, 3.8) is 0 Å². The third-order valence-electron chi connectivity index (χ3n) is 5.42. The van der Waals surface area contributed by atoms with Gasteiger partial charge in [0, 0.05) is 19.5 Å². The summed E-state index contributed by atoms with van der Waals surface area (Å²) in [6.45, 7) is 0.421. The molecule has 0 aromatic heterocycles. The van der Waals surface area contributed by atoms with E-state index in [9.17, 15) is 29.1 Å². The van der Waals surface area contributed by atoms with Crippen LogP contribution in [0.15, 0.2) is 9.98 Å². The number of guanidine groups is 2. The largest absolute Gasteiger partial charge is 0.480 e. The van der Waals surface area contributed by atoms with Gasteiger partial charge in [0.15, 0.2) is 11.9 Å². The molecule has 0 radical (unpaired) electrons. The summed E-state index contributed by atoms with van der Waals surface area (Å²) in [4.78, 5) is 69.4. The second kappa shape index (κ2) is 20.2. The minimum atomic E-state index is -1.30. The van der Waals surface area contributed by atoms with E-state index in [1.165, 1.54) is 11.8 Å². The number of nitrogens with two attached hydrogens (primary N) is 6. The van der Waals surface area contributed by atoms with Crippen LogP contribution >= 0.6 is 11.8 Å². The second-order valence-electron chi connectivity index (χ2n) is 8.81. The van der Waals surface area contributed by atoms with Crippen molar-refractivity contribution in [1.82, 2.24) is 16.0 Å². The van der Waals surface area contributed by atoms with E-state index in [2.05, 4.69) is 25.9 Å². The summed E-state index contributed by atoms with van der Waals surface area (Å²) < 4.78 is 0. The van der Waals surface area contributed by atoms with Gasteiger partial charge in [-0.15, -0.1) is 0 Å². The van der Waals surface area contributed by atoms with Gasteiger partial charge in [-0.25, -0.2) is 4.79 Å². The van der Waals surface area contributed by atoms with Gasteiger partial charge in [0.05, 0.1) is 6.04 Å². The third-order valence-corrected chi connectivity index (χ3v) is 6.06. The average Bonchev–Trinajstić information content (AvgIpc) is 2.87. The van der Waals surface area contributed by atoms with E-state index in [0.717, 1.165) is 0 Å². The lowest BCUT2D eigenvalue weighted by atomic mass is 10.1. The number of carboxylic acid groups (broad SMARTS) is 1. The zero-order valence-electron chi connectivity index (χ0n) is 22.6. The molecule has 0 aliphatic carbocycles. The van der Waals surface area contributed by atoms with Gasteiger partial charge in [-0.05, 0) is 50.5 Å². The van der Waals surface area contributed by atoms with E-state index >= 15 is 0 Å². The number of carboxylic acids is 1. The van der Waals surface area contributed by atoms with Crippen LogP contribution in [0.3, 0.4) is 0 Å². The molecule has 0 saturated heterocycles. The maximum absolute atomic E-state index is 13.2. The molecule has 0 saturated carbocycles. The van der Waals surface area contributed by atoms with Gasteiger partial charge in [-0.2, -0.15) is 11.8 Å². The van der Waals surface area contributed by atoms with Crippen LogP contribution in [0.25, 0.3) is 0 Å². The van der Waals surface area contributed by atoms with Crippen LogP contribution in [0.2, 0.25) is 0 Å². The quantitative estimate of drug-likeness (QED) is 0.0347. The van der Waals surface area contributed by atoms with Crippen molar-refractivity contribution < 1.29 is 29.1 Å². The Morgan fingerprint density at radius 1 is 0.725 bits per heavy atom. The monoisotopic (exact) mass is 589 g/mol. The maximum atomic E-state index is 13.2. The Kier molecular flexibility index (Phi) is 18.2. The molecule has 40 heavy (non-hydrogen) atoms. The Morgan fingerprint density at radius 2 is 1.20 bits per heavy atom. The molecule has 4 atom stereocenters. The highest BCUT2D eigenvalue weighted by molar-refractivity contribution is 7.98. The molecule has 0 spiro atoms. The van der Waals surface area contributed by atoms with Crippen LogP contribution < -0.4 is 50.4 Å². The fourth-order valence-corrected chi connectivity index (χ4v) is 3.77. The topological polar surface area (TPSA) is 323 Å². The van der Waals surface area contributed by atoms with Gasteiger partial charge in [0.2, 0.25) is 23.6 Å². The molecule has 0 fully saturated rings. The molecule has 4 amide bonds. The molecule has 228 valence electrons. The first kappa shape index (κ1) is 36.2. The van der Waals surface area contributed by atoms with Crippen molar-refractivity contribution in [2.75, 3.05) is 25.1 Å². The SMILES string of the molecule is CSCC[C@@H](NC(=O)[C@H](CCC(N)=O)NC(=O)[C@H](CCCN=C(N)N)NC(=O)[C@@H](N)CCCN=C(N)N)C(=O)O. The predicted molar refractivity (Wildman–Crippen MR) is 153 cm³/mol. The first-order chi connectivity index (χ1) is 18.8. The number of carbonyl (C=O) groups excluding carboxylic acids is 4. The number of thioether (sulfide) groups is 1. The lowest BCUT2D eigenvalue weighted by Gasteiger charge is -2.25. The Morgan fingerprint density at radius 3 is 1.68 bits per heavy atom. The number of primary amides is 1. The lowest BCUT2D eigenvalue weighted by molar-refractivity contribution is -0.142. The van der Waals surface area contributed by atoms with Crippen molar-refractivity contribution in [3.8, 4) is 0 Å². The number of hydrogen-bond acceptors (Lipinski definition) is 9. The summed E-state index contributed by atoms with van der Waals surface area (Å²) in [5.41, 5.74) is 32.4. The van der Waals surface area contributed by atoms with Crippen LogP contribution in [-0.4, -0.2) is 95.9 Å². The Balaban J connectivity index is 5.63. The molecule has 17 nitrogen and oxygen atoms in total. The van der Waals surface area contributed by atoms with Crippen molar-refractivity contribution in [2.45, 2.75) is 69.1 Å². The number of carbonyl (C=O) groups is 5. The number of rotatable bonds is 21. The second-order valence-corrected chi connectivity index (χ2v) is 9.80. The summed E-state index contributed by atoms with van der Waals surface area (Å²) in [5.74, 6) is -3.95. The van der Waals surface area contributed by atoms with E-state index in [1.807, 2.05) is 0 Å². The molecule has 16 N–H and O–H groups in total. The molecule has 0 aromatic carbocycles. The minimum absolute atomic E-state index is 0.0741. The first-order valence-corrected chi connectivity index (χ1v) is 13.9. The van der Waals surface area contributed by atoms with Gasteiger partial charge in [-0.3, -0.25) is 29.2 Å². The summed E-state index contributed by atoms with van der Waals surface area (Å²) in [5, 5.41) is 16.9. The summed E-state index contributed by atoms with van der Waals surface area (Å²) in [6.07, 6.45) is 2.46. The van der Waals surface area contributed by atoms with Crippen molar-refractivity contribution >= 4 is 53.3 Å². The highest BCUT2D eigenvalue weighted by atomic mass is 32.2. The molecule has 0 aromatic rings. The molecule has 0 rings (SSSR count). The maximum Gasteiger partial charge on any atom is 0.326 e. The molecule has 0 aliphatic rings. The predicted octanol–water partition coefficient (Wildman–Crippen LogP) is -4.02. The molecular formula is C22H43N11O6S. The van der Waals surface area contributed by atoms with Crippen LogP contribution in [-0.2, 0) is 24.0 Å². The molecule has 0 unspecified atom stereocenters. The minimum Gasteiger partial charge on any atom is -0.480 e. The van der Waals surface area contributed by atoms with Crippen LogP contribution in [0.1, 0.15) is 44.9 Å². The number of aliphatic carboxylic acids is 1. The first-order valence-electron chi connectivity index (χ1n) is 12.6. The van der Waals surface area contributed by atoms with Crippen LogP contribution in [0.4, 0.5) is 0 Å². The third kappa shape index (κ3) is 16.9. The van der Waals surface area contributed by atoms with E-state index in [4.69, 9.17) is 34.4 Å². The number of hydrogen-bond donors (Lipinski definition) is 10. The standard InChI is InChI=1S/C22H43N11O6S/c1-40-11-8-15(20(38)39)33-19(37)14(6-7-16(24)34)32-18(36)13(5-3-10-30-22(27)28)31-17(35)12(23)4-2-9-29-21(25)26/h12-15H,2-11,23H2,1H3,(H2,24,34)(H,31,35)(H,32,36)(H,33,37)(H,38,39)(H4,25,26,29)(H4,27,28,30)/t12-,13-,14-,15+/m0/s1. The summed E-state index contributed by atoms with van der Waals surface area (Å²) in [7, 11) is 0. The normalized spacial score (nSPS) is 13.6. The van der Waals surface area contributed by atoms with Crippen molar-refractivity contribution in [3.05, 3.63) is 0 Å². The van der Waals surface area contributed by atoms with E-state index < -0.39 is 53.8 Å². The number of aliphatic imine (C=N–C) groups is 2. The smallest absolute Gasteiger partial charge is 0.326 e. The Bertz CT molecular complexity index is 910.